The zero-order valence-electron chi connectivity index (χ0n) is 17.7. The molecule has 0 aliphatic carbocycles. The summed E-state index contributed by atoms with van der Waals surface area (Å²) in [6, 6.07) is 19.5. The quantitative estimate of drug-likeness (QED) is 0.569. The Morgan fingerprint density at radius 2 is 1.88 bits per heavy atom. The van der Waals surface area contributed by atoms with Crippen molar-refractivity contribution in [1.82, 2.24) is 9.97 Å². The predicted octanol–water partition coefficient (Wildman–Crippen LogP) is 3.41. The van der Waals surface area contributed by atoms with Crippen molar-refractivity contribution in [3.63, 3.8) is 0 Å². The van der Waals surface area contributed by atoms with Crippen LogP contribution in [0.1, 0.15) is 25.0 Å². The number of nitrogens with one attached hydrogen (secondary N) is 2. The number of hydrogen-bond acceptors (Lipinski definition) is 5. The normalized spacial score (nSPS) is 10.2. The van der Waals surface area contributed by atoms with Gasteiger partial charge in [0, 0.05) is 48.1 Å². The number of para-hydroxylation sites is 1. The number of carbonyl (C=O) groups is 2. The van der Waals surface area contributed by atoms with Crippen LogP contribution in [0.25, 0.3) is 11.4 Å². The van der Waals surface area contributed by atoms with Crippen molar-refractivity contribution in [3.8, 4) is 17.5 Å². The standard InChI is InChI=1S/C24H23N5O3/c1-17-15-22(31)28-24(26-17)18-7-5-8-19(16-18)27-21(30)11-12-23(32)29(14-6-13-25)20-9-3-2-4-10-20/h2-5,7-10,15-16H,6,11-12,14H2,1H3,(H,27,30)(H,26,28,31). The molecule has 32 heavy (non-hydrogen) atoms. The van der Waals surface area contributed by atoms with Crippen molar-refractivity contribution in [2.75, 3.05) is 16.8 Å². The first kappa shape index (κ1) is 22.4. The van der Waals surface area contributed by atoms with Gasteiger partial charge in [-0.3, -0.25) is 14.4 Å². The smallest absolute Gasteiger partial charge is 0.251 e. The molecule has 2 N–H and O–H groups in total. The third-order valence-corrected chi connectivity index (χ3v) is 4.67. The van der Waals surface area contributed by atoms with Crippen molar-refractivity contribution in [1.29, 1.82) is 5.26 Å². The van der Waals surface area contributed by atoms with E-state index in [2.05, 4.69) is 15.3 Å². The predicted molar refractivity (Wildman–Crippen MR) is 122 cm³/mol. The van der Waals surface area contributed by atoms with E-state index in [4.69, 9.17) is 5.26 Å². The first-order valence-corrected chi connectivity index (χ1v) is 10.2. The lowest BCUT2D eigenvalue weighted by molar-refractivity contribution is -0.122. The highest BCUT2D eigenvalue weighted by molar-refractivity contribution is 5.98. The number of aromatic nitrogens is 2. The van der Waals surface area contributed by atoms with Crippen LogP contribution in [0.4, 0.5) is 11.4 Å². The molecule has 3 rings (SSSR count). The molecule has 2 amide bonds. The van der Waals surface area contributed by atoms with E-state index >= 15 is 0 Å². The number of nitriles is 1. The summed E-state index contributed by atoms with van der Waals surface area (Å²) in [5, 5.41) is 11.7. The summed E-state index contributed by atoms with van der Waals surface area (Å²) < 4.78 is 0. The van der Waals surface area contributed by atoms with Crippen molar-refractivity contribution < 1.29 is 9.59 Å². The first-order chi connectivity index (χ1) is 15.5. The van der Waals surface area contributed by atoms with Crippen LogP contribution in [0.5, 0.6) is 0 Å². The fourth-order valence-electron chi connectivity index (χ4n) is 3.21. The Bertz CT molecular complexity index is 1200. The van der Waals surface area contributed by atoms with Crippen molar-refractivity contribution in [3.05, 3.63) is 76.7 Å². The third-order valence-electron chi connectivity index (χ3n) is 4.67. The highest BCUT2D eigenvalue weighted by Crippen LogP contribution is 2.20. The molecule has 3 aromatic rings. The van der Waals surface area contributed by atoms with E-state index in [0.29, 0.717) is 28.5 Å². The van der Waals surface area contributed by atoms with Gasteiger partial charge in [-0.2, -0.15) is 5.26 Å². The number of amides is 2. The summed E-state index contributed by atoms with van der Waals surface area (Å²) in [5.74, 6) is -0.122. The highest BCUT2D eigenvalue weighted by Gasteiger charge is 2.17. The zero-order valence-corrected chi connectivity index (χ0v) is 17.7. The third kappa shape index (κ3) is 6.12. The Balaban J connectivity index is 1.63. The van der Waals surface area contributed by atoms with E-state index in [1.165, 1.54) is 11.0 Å². The molecule has 1 aromatic heterocycles. The van der Waals surface area contributed by atoms with Crippen LogP contribution in [-0.2, 0) is 9.59 Å². The number of rotatable bonds is 8. The summed E-state index contributed by atoms with van der Waals surface area (Å²) in [4.78, 5) is 45.4. The maximum Gasteiger partial charge on any atom is 0.251 e. The van der Waals surface area contributed by atoms with E-state index < -0.39 is 0 Å². The molecule has 8 nitrogen and oxygen atoms in total. The number of hydrogen-bond donors (Lipinski definition) is 2. The summed E-state index contributed by atoms with van der Waals surface area (Å²) >= 11 is 0. The van der Waals surface area contributed by atoms with Gasteiger partial charge in [-0.05, 0) is 31.2 Å². The Labute approximate surface area is 185 Å². The number of aromatic amines is 1. The summed E-state index contributed by atoms with van der Waals surface area (Å²) in [7, 11) is 0. The molecule has 0 bridgehead atoms. The Morgan fingerprint density at radius 3 is 2.59 bits per heavy atom. The lowest BCUT2D eigenvalue weighted by Crippen LogP contribution is -2.32. The molecule has 162 valence electrons. The molecule has 0 atom stereocenters. The monoisotopic (exact) mass is 429 g/mol. The average molecular weight is 429 g/mol. The molecule has 0 unspecified atom stereocenters. The zero-order chi connectivity index (χ0) is 22.9. The number of anilines is 2. The molecule has 0 aliphatic rings. The van der Waals surface area contributed by atoms with Crippen molar-refractivity contribution >= 4 is 23.2 Å². The van der Waals surface area contributed by atoms with Gasteiger partial charge in [-0.1, -0.05) is 30.3 Å². The minimum atomic E-state index is -0.311. The van der Waals surface area contributed by atoms with Gasteiger partial charge in [0.15, 0.2) is 0 Å². The minimum absolute atomic E-state index is 0.00151. The second kappa shape index (κ2) is 10.7. The number of benzene rings is 2. The van der Waals surface area contributed by atoms with Gasteiger partial charge in [0.1, 0.15) is 5.82 Å². The van der Waals surface area contributed by atoms with Gasteiger partial charge < -0.3 is 15.2 Å². The molecule has 0 aliphatic heterocycles. The Morgan fingerprint density at radius 1 is 1.09 bits per heavy atom. The number of nitrogens with zero attached hydrogens (tertiary/aromatic N) is 3. The molecule has 0 radical (unpaired) electrons. The van der Waals surface area contributed by atoms with E-state index in [9.17, 15) is 14.4 Å². The molecule has 8 heteroatoms. The van der Waals surface area contributed by atoms with Crippen LogP contribution in [0.2, 0.25) is 0 Å². The molecule has 1 heterocycles. The van der Waals surface area contributed by atoms with Crippen LogP contribution in [-0.4, -0.2) is 28.3 Å². The number of aryl methyl sites for hydroxylation is 1. The summed E-state index contributed by atoms with van der Waals surface area (Å²) in [6.45, 7) is 2.00. The van der Waals surface area contributed by atoms with E-state index in [1.807, 2.05) is 24.3 Å². The van der Waals surface area contributed by atoms with Crippen LogP contribution >= 0.6 is 0 Å². The topological polar surface area (TPSA) is 119 Å². The van der Waals surface area contributed by atoms with Gasteiger partial charge in [0.2, 0.25) is 11.8 Å². The van der Waals surface area contributed by atoms with E-state index in [0.717, 1.165) is 0 Å². The fraction of sp³-hybridized carbons (Fsp3) is 0.208. The SMILES string of the molecule is Cc1cc(=O)[nH]c(-c2cccc(NC(=O)CCC(=O)N(CCC#N)c3ccccc3)c2)n1. The second-order valence-corrected chi connectivity index (χ2v) is 7.15. The van der Waals surface area contributed by atoms with Crippen LogP contribution < -0.4 is 15.8 Å². The highest BCUT2D eigenvalue weighted by atomic mass is 16.2. The Hall–Kier alpha value is -4.25. The largest absolute Gasteiger partial charge is 0.326 e. The van der Waals surface area contributed by atoms with Gasteiger partial charge in [0.05, 0.1) is 12.5 Å². The number of carbonyl (C=O) groups excluding carboxylic acids is 2. The molecular formula is C24H23N5O3. The average Bonchev–Trinajstić information content (AvgIpc) is 2.78. The van der Waals surface area contributed by atoms with E-state index in [1.54, 1.807) is 43.3 Å². The lowest BCUT2D eigenvalue weighted by Gasteiger charge is -2.21. The van der Waals surface area contributed by atoms with Gasteiger partial charge in [0.25, 0.3) is 5.56 Å². The van der Waals surface area contributed by atoms with Crippen LogP contribution in [0.3, 0.4) is 0 Å². The molecule has 0 spiro atoms. The van der Waals surface area contributed by atoms with Crippen LogP contribution in [0, 0.1) is 18.3 Å². The van der Waals surface area contributed by atoms with Crippen LogP contribution in [0.15, 0.2) is 65.5 Å². The summed E-state index contributed by atoms with van der Waals surface area (Å²) in [6.07, 6.45) is 0.214. The summed E-state index contributed by atoms with van der Waals surface area (Å²) in [5.41, 5.74) is 2.23. The molecule has 0 saturated heterocycles. The Kier molecular flexibility index (Phi) is 7.49. The van der Waals surface area contributed by atoms with Gasteiger partial charge in [-0.15, -0.1) is 0 Å². The molecule has 0 fully saturated rings. The minimum Gasteiger partial charge on any atom is -0.326 e. The first-order valence-electron chi connectivity index (χ1n) is 10.2. The number of H-pyrrole nitrogens is 1. The molecular weight excluding hydrogens is 406 g/mol. The van der Waals surface area contributed by atoms with E-state index in [-0.39, 0.29) is 43.2 Å². The second-order valence-electron chi connectivity index (χ2n) is 7.15. The van der Waals surface area contributed by atoms with Gasteiger partial charge >= 0.3 is 0 Å². The van der Waals surface area contributed by atoms with Crippen molar-refractivity contribution in [2.24, 2.45) is 0 Å². The van der Waals surface area contributed by atoms with Crippen molar-refractivity contribution in [2.45, 2.75) is 26.2 Å². The fourth-order valence-corrected chi connectivity index (χ4v) is 3.21. The van der Waals surface area contributed by atoms with Gasteiger partial charge in [-0.25, -0.2) is 4.98 Å². The lowest BCUT2D eigenvalue weighted by atomic mass is 10.1. The maximum atomic E-state index is 12.7. The molecule has 2 aromatic carbocycles. The molecule has 0 saturated carbocycles. The maximum absolute atomic E-state index is 12.7.